The molecule has 1 aliphatic rings. The van der Waals surface area contributed by atoms with Crippen molar-refractivity contribution in [3.05, 3.63) is 0 Å². The van der Waals surface area contributed by atoms with E-state index in [-0.39, 0.29) is 5.41 Å². The molecule has 1 saturated carbocycles. The Labute approximate surface area is 76.7 Å². The molecule has 0 radical (unpaired) electrons. The molecule has 0 heterocycles. The van der Waals surface area contributed by atoms with Crippen LogP contribution < -0.4 is 0 Å². The highest BCUT2D eigenvalue weighted by molar-refractivity contribution is 5.09. The molecular formula is C12H20. The van der Waals surface area contributed by atoms with Gasteiger partial charge < -0.3 is 0 Å². The summed E-state index contributed by atoms with van der Waals surface area (Å²) in [4.78, 5) is 0. The first kappa shape index (κ1) is 9.65. The third-order valence-electron chi connectivity index (χ3n) is 3.07. The quantitative estimate of drug-likeness (QED) is 0.519. The molecule has 0 aromatic carbocycles. The van der Waals surface area contributed by atoms with Crippen LogP contribution in [0.25, 0.3) is 0 Å². The summed E-state index contributed by atoms with van der Waals surface area (Å²) in [5.74, 6) is 7.24. The molecule has 0 nitrogen and oxygen atoms in total. The van der Waals surface area contributed by atoms with E-state index >= 15 is 0 Å². The van der Waals surface area contributed by atoms with Gasteiger partial charge in [0.1, 0.15) is 0 Å². The van der Waals surface area contributed by atoms with E-state index < -0.39 is 0 Å². The molecule has 0 aromatic rings. The SMILES string of the molecule is CC#CC(C)(C)C1CCCCC1. The molecular weight excluding hydrogens is 144 g/mol. The number of hydrogen-bond acceptors (Lipinski definition) is 0. The van der Waals surface area contributed by atoms with Crippen molar-refractivity contribution in [1.82, 2.24) is 0 Å². The summed E-state index contributed by atoms with van der Waals surface area (Å²) in [7, 11) is 0. The van der Waals surface area contributed by atoms with Gasteiger partial charge in [0.05, 0.1) is 0 Å². The first-order chi connectivity index (χ1) is 5.67. The minimum Gasteiger partial charge on any atom is -0.106 e. The smallest absolute Gasteiger partial charge is 0.0286 e. The average Bonchev–Trinajstić information content (AvgIpc) is 2.06. The van der Waals surface area contributed by atoms with Crippen LogP contribution in [0.3, 0.4) is 0 Å². The van der Waals surface area contributed by atoms with Crippen LogP contribution in [0.5, 0.6) is 0 Å². The molecule has 0 N–H and O–H groups in total. The van der Waals surface area contributed by atoms with Crippen LogP contribution in [0.15, 0.2) is 0 Å². The summed E-state index contributed by atoms with van der Waals surface area (Å²) in [5, 5.41) is 0. The molecule has 0 heteroatoms. The maximum Gasteiger partial charge on any atom is 0.0286 e. The van der Waals surface area contributed by atoms with Crippen LogP contribution in [0.1, 0.15) is 52.9 Å². The lowest BCUT2D eigenvalue weighted by Crippen LogP contribution is -2.24. The van der Waals surface area contributed by atoms with Gasteiger partial charge in [0.2, 0.25) is 0 Å². The van der Waals surface area contributed by atoms with Crippen LogP contribution in [0, 0.1) is 23.2 Å². The van der Waals surface area contributed by atoms with Gasteiger partial charge in [-0.05, 0) is 39.5 Å². The van der Waals surface area contributed by atoms with Gasteiger partial charge in [-0.2, -0.15) is 0 Å². The second-order valence-electron chi connectivity index (χ2n) is 4.43. The van der Waals surface area contributed by atoms with Crippen molar-refractivity contribution in [2.24, 2.45) is 11.3 Å². The molecule has 0 aromatic heterocycles. The lowest BCUT2D eigenvalue weighted by atomic mass is 9.71. The Hall–Kier alpha value is -0.440. The zero-order valence-electron chi connectivity index (χ0n) is 8.61. The van der Waals surface area contributed by atoms with Crippen LogP contribution in [0.2, 0.25) is 0 Å². The van der Waals surface area contributed by atoms with Crippen molar-refractivity contribution in [2.45, 2.75) is 52.9 Å². The molecule has 12 heavy (non-hydrogen) atoms. The summed E-state index contributed by atoms with van der Waals surface area (Å²) in [6, 6.07) is 0. The standard InChI is InChI=1S/C12H20/c1-4-10-12(2,3)11-8-6-5-7-9-11/h11H,5-9H2,1-3H3. The molecule has 0 spiro atoms. The highest BCUT2D eigenvalue weighted by Crippen LogP contribution is 2.37. The minimum absolute atomic E-state index is 0.259. The fourth-order valence-corrected chi connectivity index (χ4v) is 2.25. The molecule has 0 saturated heterocycles. The summed E-state index contributed by atoms with van der Waals surface area (Å²) >= 11 is 0. The van der Waals surface area contributed by atoms with E-state index in [1.807, 2.05) is 6.92 Å². The van der Waals surface area contributed by atoms with E-state index in [4.69, 9.17) is 0 Å². The van der Waals surface area contributed by atoms with Crippen molar-refractivity contribution >= 4 is 0 Å². The second kappa shape index (κ2) is 3.99. The van der Waals surface area contributed by atoms with Gasteiger partial charge in [-0.15, -0.1) is 5.92 Å². The van der Waals surface area contributed by atoms with Gasteiger partial charge >= 0.3 is 0 Å². The van der Waals surface area contributed by atoms with Gasteiger partial charge in [-0.1, -0.05) is 25.2 Å². The zero-order valence-corrected chi connectivity index (χ0v) is 8.61. The molecule has 0 bridgehead atoms. The van der Waals surface area contributed by atoms with Crippen LogP contribution in [0.4, 0.5) is 0 Å². The van der Waals surface area contributed by atoms with E-state index in [1.54, 1.807) is 0 Å². The van der Waals surface area contributed by atoms with Gasteiger partial charge in [0.25, 0.3) is 0 Å². The molecule has 1 fully saturated rings. The maximum absolute atomic E-state index is 3.34. The van der Waals surface area contributed by atoms with E-state index in [0.717, 1.165) is 5.92 Å². The van der Waals surface area contributed by atoms with Crippen molar-refractivity contribution in [2.75, 3.05) is 0 Å². The van der Waals surface area contributed by atoms with E-state index in [9.17, 15) is 0 Å². The number of hydrogen-bond donors (Lipinski definition) is 0. The fraction of sp³-hybridized carbons (Fsp3) is 0.833. The predicted octanol–water partition coefficient (Wildman–Crippen LogP) is 3.62. The monoisotopic (exact) mass is 164 g/mol. The summed E-state index contributed by atoms with van der Waals surface area (Å²) in [6.07, 6.45) is 7.05. The largest absolute Gasteiger partial charge is 0.106 e. The van der Waals surface area contributed by atoms with Crippen LogP contribution >= 0.6 is 0 Å². The van der Waals surface area contributed by atoms with E-state index in [0.29, 0.717) is 0 Å². The van der Waals surface area contributed by atoms with E-state index in [1.165, 1.54) is 32.1 Å². The van der Waals surface area contributed by atoms with Crippen LogP contribution in [-0.4, -0.2) is 0 Å². The van der Waals surface area contributed by atoms with E-state index in [2.05, 4.69) is 25.7 Å². The average molecular weight is 164 g/mol. The Morgan fingerprint density at radius 1 is 1.08 bits per heavy atom. The molecule has 1 aliphatic carbocycles. The second-order valence-corrected chi connectivity index (χ2v) is 4.43. The third kappa shape index (κ3) is 2.27. The Kier molecular flexibility index (Phi) is 3.20. The third-order valence-corrected chi connectivity index (χ3v) is 3.07. The predicted molar refractivity (Wildman–Crippen MR) is 53.8 cm³/mol. The maximum atomic E-state index is 3.34. The summed E-state index contributed by atoms with van der Waals surface area (Å²) < 4.78 is 0. The molecule has 0 atom stereocenters. The highest BCUT2D eigenvalue weighted by atomic mass is 14.3. The lowest BCUT2D eigenvalue weighted by molar-refractivity contribution is 0.220. The topological polar surface area (TPSA) is 0 Å². The van der Waals surface area contributed by atoms with Gasteiger partial charge in [0.15, 0.2) is 0 Å². The Bertz CT molecular complexity index is 184. The van der Waals surface area contributed by atoms with Crippen molar-refractivity contribution in [3.8, 4) is 11.8 Å². The summed E-state index contributed by atoms with van der Waals surface area (Å²) in [5.41, 5.74) is 0.259. The minimum atomic E-state index is 0.259. The Morgan fingerprint density at radius 2 is 1.67 bits per heavy atom. The van der Waals surface area contributed by atoms with Gasteiger partial charge in [-0.25, -0.2) is 0 Å². The van der Waals surface area contributed by atoms with Crippen molar-refractivity contribution < 1.29 is 0 Å². The highest BCUT2D eigenvalue weighted by Gasteiger charge is 2.28. The molecule has 0 amide bonds. The first-order valence-corrected chi connectivity index (χ1v) is 5.11. The Morgan fingerprint density at radius 3 is 2.17 bits per heavy atom. The molecule has 0 unspecified atom stereocenters. The van der Waals surface area contributed by atoms with Gasteiger partial charge in [-0.3, -0.25) is 0 Å². The lowest BCUT2D eigenvalue weighted by Gasteiger charge is -2.32. The van der Waals surface area contributed by atoms with Gasteiger partial charge in [0, 0.05) is 5.41 Å². The van der Waals surface area contributed by atoms with Crippen LogP contribution in [-0.2, 0) is 0 Å². The summed E-state index contributed by atoms with van der Waals surface area (Å²) in [6.45, 7) is 6.53. The number of rotatable bonds is 1. The molecule has 68 valence electrons. The van der Waals surface area contributed by atoms with Crippen molar-refractivity contribution in [3.63, 3.8) is 0 Å². The molecule has 0 aliphatic heterocycles. The molecule has 1 rings (SSSR count). The van der Waals surface area contributed by atoms with Crippen molar-refractivity contribution in [1.29, 1.82) is 0 Å². The zero-order chi connectivity index (χ0) is 9.03. The first-order valence-electron chi connectivity index (χ1n) is 5.11. The normalized spacial score (nSPS) is 19.9. The Balaban J connectivity index is 2.57. The fourth-order valence-electron chi connectivity index (χ4n) is 2.25.